The monoisotopic (exact) mass is 285 g/mol. The maximum Gasteiger partial charge on any atom is 0.191 e. The van der Waals surface area contributed by atoms with Crippen LogP contribution in [0.15, 0.2) is 35.3 Å². The fourth-order valence-electron chi connectivity index (χ4n) is 3.66. The number of hydrogen-bond acceptors (Lipinski definition) is 1. The van der Waals surface area contributed by atoms with Crippen LogP contribution < -0.4 is 5.73 Å². The summed E-state index contributed by atoms with van der Waals surface area (Å²) in [4.78, 5) is 7.04. The predicted molar refractivity (Wildman–Crippen MR) is 88.4 cm³/mol. The number of likely N-dealkylation sites (tertiary alicyclic amines) is 1. The lowest BCUT2D eigenvalue weighted by atomic mass is 9.64. The van der Waals surface area contributed by atoms with E-state index in [0.717, 1.165) is 31.5 Å². The molecule has 1 aliphatic heterocycles. The molecular formula is C18H27N3. The lowest BCUT2D eigenvalue weighted by Crippen LogP contribution is -2.45. The zero-order valence-electron chi connectivity index (χ0n) is 13.1. The van der Waals surface area contributed by atoms with Crippen LogP contribution in [0, 0.1) is 5.92 Å². The highest BCUT2D eigenvalue weighted by molar-refractivity contribution is 5.78. The molecule has 0 aromatic heterocycles. The maximum atomic E-state index is 6.25. The number of nitrogens with zero attached hydrogens (tertiary/aromatic N) is 2. The van der Waals surface area contributed by atoms with Crippen molar-refractivity contribution in [1.29, 1.82) is 0 Å². The van der Waals surface area contributed by atoms with Gasteiger partial charge in [0, 0.05) is 18.5 Å². The molecule has 1 aliphatic carbocycles. The van der Waals surface area contributed by atoms with Crippen molar-refractivity contribution < 1.29 is 0 Å². The van der Waals surface area contributed by atoms with Crippen molar-refractivity contribution >= 4 is 5.96 Å². The molecule has 21 heavy (non-hydrogen) atoms. The molecule has 1 atom stereocenters. The van der Waals surface area contributed by atoms with E-state index in [1.165, 1.54) is 37.7 Å². The Bertz CT molecular complexity index is 490. The van der Waals surface area contributed by atoms with E-state index in [2.05, 4.69) is 42.2 Å². The van der Waals surface area contributed by atoms with Gasteiger partial charge in [-0.25, -0.2) is 0 Å². The first-order valence-electron chi connectivity index (χ1n) is 8.30. The molecule has 2 fully saturated rings. The number of hydrogen-bond donors (Lipinski definition) is 1. The normalized spacial score (nSPS) is 25.5. The second-order valence-corrected chi connectivity index (χ2v) is 6.87. The maximum absolute atomic E-state index is 6.25. The van der Waals surface area contributed by atoms with Crippen LogP contribution in [0.3, 0.4) is 0 Å². The minimum Gasteiger partial charge on any atom is -0.370 e. The summed E-state index contributed by atoms with van der Waals surface area (Å²) in [6.45, 7) is 5.27. The van der Waals surface area contributed by atoms with Crippen LogP contribution in [-0.4, -0.2) is 30.5 Å². The third-order valence-corrected chi connectivity index (χ3v) is 5.22. The molecule has 0 radical (unpaired) electrons. The molecule has 1 aromatic rings. The van der Waals surface area contributed by atoms with E-state index in [0.29, 0.717) is 0 Å². The molecule has 2 N–H and O–H groups in total. The number of aliphatic imine (C=N–C) groups is 1. The van der Waals surface area contributed by atoms with Crippen LogP contribution in [0.5, 0.6) is 0 Å². The van der Waals surface area contributed by atoms with Crippen LogP contribution >= 0.6 is 0 Å². The third-order valence-electron chi connectivity index (χ3n) is 5.22. The van der Waals surface area contributed by atoms with Gasteiger partial charge in [-0.15, -0.1) is 0 Å². The van der Waals surface area contributed by atoms with Gasteiger partial charge in [0.2, 0.25) is 0 Å². The van der Waals surface area contributed by atoms with Gasteiger partial charge in [-0.05, 0) is 37.2 Å². The van der Waals surface area contributed by atoms with Gasteiger partial charge in [-0.3, -0.25) is 4.99 Å². The molecule has 1 saturated carbocycles. The fraction of sp³-hybridized carbons (Fsp3) is 0.611. The minimum absolute atomic E-state index is 0.243. The standard InChI is InChI=1S/C18H27N3/c1-15-7-5-12-21(13-15)17(19)20-14-18(10-6-11-18)16-8-3-2-4-9-16/h2-4,8-9,15H,5-7,10-14H2,1H3,(H2,19,20). The number of guanidine groups is 1. The SMILES string of the molecule is CC1CCCN(C(N)=NCC2(c3ccccc3)CCC2)C1. The van der Waals surface area contributed by atoms with Crippen LogP contribution in [0.1, 0.15) is 44.6 Å². The van der Waals surface area contributed by atoms with Gasteiger partial charge in [0.15, 0.2) is 5.96 Å². The highest BCUT2D eigenvalue weighted by atomic mass is 15.3. The summed E-state index contributed by atoms with van der Waals surface area (Å²) in [7, 11) is 0. The molecule has 3 nitrogen and oxygen atoms in total. The van der Waals surface area contributed by atoms with Crippen LogP contribution in [0.25, 0.3) is 0 Å². The largest absolute Gasteiger partial charge is 0.370 e. The van der Waals surface area contributed by atoms with Crippen molar-refractivity contribution in [2.45, 2.75) is 44.4 Å². The molecular weight excluding hydrogens is 258 g/mol. The average Bonchev–Trinajstić information content (AvgIpc) is 2.47. The molecule has 0 amide bonds. The van der Waals surface area contributed by atoms with Crippen LogP contribution in [-0.2, 0) is 5.41 Å². The lowest BCUT2D eigenvalue weighted by Gasteiger charge is -2.41. The van der Waals surface area contributed by atoms with E-state index in [-0.39, 0.29) is 5.41 Å². The second kappa shape index (κ2) is 6.08. The van der Waals surface area contributed by atoms with Crippen molar-refractivity contribution in [1.82, 2.24) is 4.90 Å². The molecule has 114 valence electrons. The lowest BCUT2D eigenvalue weighted by molar-refractivity contribution is 0.247. The molecule has 0 bridgehead atoms. The molecule has 2 aliphatic rings. The van der Waals surface area contributed by atoms with Crippen molar-refractivity contribution in [3.8, 4) is 0 Å². The fourth-order valence-corrected chi connectivity index (χ4v) is 3.66. The Kier molecular flexibility index (Phi) is 4.18. The number of nitrogens with two attached hydrogens (primary N) is 1. The van der Waals surface area contributed by atoms with Gasteiger partial charge in [-0.2, -0.15) is 0 Å². The molecule has 1 unspecified atom stereocenters. The Morgan fingerprint density at radius 2 is 2.05 bits per heavy atom. The van der Waals surface area contributed by atoms with Crippen LogP contribution in [0.4, 0.5) is 0 Å². The minimum atomic E-state index is 0.243. The Morgan fingerprint density at radius 1 is 1.29 bits per heavy atom. The highest BCUT2D eigenvalue weighted by Crippen LogP contribution is 2.43. The Morgan fingerprint density at radius 3 is 2.67 bits per heavy atom. The molecule has 1 heterocycles. The Hall–Kier alpha value is -1.51. The Balaban J connectivity index is 1.68. The van der Waals surface area contributed by atoms with Crippen LogP contribution in [0.2, 0.25) is 0 Å². The van der Waals surface area contributed by atoms with E-state index in [1.807, 2.05) is 0 Å². The van der Waals surface area contributed by atoms with E-state index >= 15 is 0 Å². The third kappa shape index (κ3) is 3.07. The highest BCUT2D eigenvalue weighted by Gasteiger charge is 2.38. The van der Waals surface area contributed by atoms with Gasteiger partial charge in [0.05, 0.1) is 6.54 Å². The quantitative estimate of drug-likeness (QED) is 0.684. The number of benzene rings is 1. The molecule has 1 aromatic carbocycles. The summed E-state index contributed by atoms with van der Waals surface area (Å²) in [6.07, 6.45) is 6.35. The van der Waals surface area contributed by atoms with Gasteiger partial charge in [0.25, 0.3) is 0 Å². The molecule has 0 spiro atoms. The predicted octanol–water partition coefficient (Wildman–Crippen LogP) is 3.15. The van der Waals surface area contributed by atoms with Crippen molar-refractivity contribution in [2.75, 3.05) is 19.6 Å². The number of rotatable bonds is 3. The first-order valence-corrected chi connectivity index (χ1v) is 8.30. The first-order chi connectivity index (χ1) is 10.2. The first kappa shape index (κ1) is 14.4. The van der Waals surface area contributed by atoms with Gasteiger partial charge >= 0.3 is 0 Å². The van der Waals surface area contributed by atoms with E-state index < -0.39 is 0 Å². The topological polar surface area (TPSA) is 41.6 Å². The zero-order valence-corrected chi connectivity index (χ0v) is 13.1. The smallest absolute Gasteiger partial charge is 0.191 e. The van der Waals surface area contributed by atoms with Gasteiger partial charge < -0.3 is 10.6 Å². The summed E-state index contributed by atoms with van der Waals surface area (Å²) in [6, 6.07) is 10.8. The molecule has 3 rings (SSSR count). The van der Waals surface area contributed by atoms with Crippen molar-refractivity contribution in [3.63, 3.8) is 0 Å². The summed E-state index contributed by atoms with van der Waals surface area (Å²) in [5.41, 5.74) is 7.92. The summed E-state index contributed by atoms with van der Waals surface area (Å²) in [5, 5.41) is 0. The zero-order chi connectivity index (χ0) is 14.7. The van der Waals surface area contributed by atoms with Crippen molar-refractivity contribution in [2.24, 2.45) is 16.6 Å². The summed E-state index contributed by atoms with van der Waals surface area (Å²) >= 11 is 0. The molecule has 3 heteroatoms. The summed E-state index contributed by atoms with van der Waals surface area (Å²) < 4.78 is 0. The summed E-state index contributed by atoms with van der Waals surface area (Å²) in [5.74, 6) is 1.49. The average molecular weight is 285 g/mol. The van der Waals surface area contributed by atoms with Crippen molar-refractivity contribution in [3.05, 3.63) is 35.9 Å². The van der Waals surface area contributed by atoms with E-state index in [9.17, 15) is 0 Å². The van der Waals surface area contributed by atoms with E-state index in [4.69, 9.17) is 10.7 Å². The molecule has 1 saturated heterocycles. The Labute approximate surface area is 128 Å². The second-order valence-electron chi connectivity index (χ2n) is 6.87. The van der Waals surface area contributed by atoms with Gasteiger partial charge in [0.1, 0.15) is 0 Å². The number of piperidine rings is 1. The van der Waals surface area contributed by atoms with Gasteiger partial charge in [-0.1, -0.05) is 43.7 Å². The van der Waals surface area contributed by atoms with E-state index in [1.54, 1.807) is 0 Å².